The molecule has 2 N–H and O–H groups in total. The van der Waals surface area contributed by atoms with Crippen molar-refractivity contribution >= 4 is 21.8 Å². The summed E-state index contributed by atoms with van der Waals surface area (Å²) in [5.41, 5.74) is 7.45. The maximum Gasteiger partial charge on any atom is 0.204 e. The van der Waals surface area contributed by atoms with Gasteiger partial charge in [-0.15, -0.1) is 0 Å². The number of nitrogens with zero attached hydrogens (tertiary/aromatic N) is 4. The molecule has 0 aliphatic carbocycles. The Balaban J connectivity index is 0.000000142. The molecule has 4 saturated heterocycles. The highest BCUT2D eigenvalue weighted by Crippen LogP contribution is 2.50. The highest BCUT2D eigenvalue weighted by molar-refractivity contribution is 5.96. The summed E-state index contributed by atoms with van der Waals surface area (Å²) in [5.74, 6) is 4.22. The van der Waals surface area contributed by atoms with E-state index in [1.807, 2.05) is 12.1 Å². The zero-order valence-electron chi connectivity index (χ0n) is 32.4. The Labute approximate surface area is 316 Å². The summed E-state index contributed by atoms with van der Waals surface area (Å²) in [6, 6.07) is 4.84. The zero-order chi connectivity index (χ0) is 37.1. The van der Waals surface area contributed by atoms with Crippen LogP contribution in [-0.4, -0.2) is 150 Å². The Bertz CT molecular complexity index is 1870. The van der Waals surface area contributed by atoms with Gasteiger partial charge in [0.15, 0.2) is 23.0 Å². The third kappa shape index (κ3) is 5.59. The van der Waals surface area contributed by atoms with Crippen LogP contribution in [0.1, 0.15) is 47.4 Å². The van der Waals surface area contributed by atoms with Crippen molar-refractivity contribution in [1.82, 2.24) is 29.6 Å². The molecule has 4 fully saturated rings. The number of morpholine rings is 2. The topological polar surface area (TPSA) is 118 Å². The van der Waals surface area contributed by atoms with Crippen molar-refractivity contribution in [3.05, 3.63) is 34.6 Å². The zero-order valence-corrected chi connectivity index (χ0v) is 32.4. The first-order chi connectivity index (χ1) is 26.5. The number of fused-ring (bicyclic) bond motifs is 14. The predicted octanol–water partition coefficient (Wildman–Crippen LogP) is 4.31. The normalized spacial score (nSPS) is 25.6. The molecule has 0 saturated carbocycles. The Morgan fingerprint density at radius 2 is 0.963 bits per heavy atom. The van der Waals surface area contributed by atoms with Crippen LogP contribution in [0.4, 0.5) is 0 Å². The highest BCUT2D eigenvalue weighted by atomic mass is 16.5. The predicted molar refractivity (Wildman–Crippen MR) is 204 cm³/mol. The van der Waals surface area contributed by atoms with Gasteiger partial charge in [-0.25, -0.2) is 0 Å². The van der Waals surface area contributed by atoms with Gasteiger partial charge in [0.05, 0.1) is 105 Å². The molecule has 292 valence electrons. The van der Waals surface area contributed by atoms with Crippen molar-refractivity contribution in [2.24, 2.45) is 0 Å². The number of hydrogen-bond acceptors (Lipinski definition) is 12. The maximum absolute atomic E-state index is 5.79. The van der Waals surface area contributed by atoms with Gasteiger partial charge in [-0.05, 0) is 36.8 Å². The van der Waals surface area contributed by atoms with E-state index in [2.05, 4.69) is 29.6 Å². The highest BCUT2D eigenvalue weighted by Gasteiger charge is 2.44. The molecule has 54 heavy (non-hydrogen) atoms. The lowest BCUT2D eigenvalue weighted by Crippen LogP contribution is -2.61. The van der Waals surface area contributed by atoms with Crippen LogP contribution in [0.5, 0.6) is 34.5 Å². The number of rotatable bonds is 6. The number of benzene rings is 2. The van der Waals surface area contributed by atoms with Gasteiger partial charge in [0.25, 0.3) is 0 Å². The van der Waals surface area contributed by atoms with Crippen molar-refractivity contribution in [2.75, 3.05) is 108 Å². The average Bonchev–Trinajstić information content (AvgIpc) is 3.80. The first-order valence-electron chi connectivity index (χ1n) is 19.3. The summed E-state index contributed by atoms with van der Waals surface area (Å²) < 4.78 is 45.4. The number of H-pyrrole nitrogens is 2. The van der Waals surface area contributed by atoms with Crippen molar-refractivity contribution in [2.45, 2.75) is 50.1 Å². The van der Waals surface area contributed by atoms with Gasteiger partial charge in [0.2, 0.25) is 11.5 Å². The smallest absolute Gasteiger partial charge is 0.204 e. The second-order valence-corrected chi connectivity index (χ2v) is 14.9. The average molecular weight is 747 g/mol. The Kier molecular flexibility index (Phi) is 9.69. The monoisotopic (exact) mass is 746 g/mol. The summed E-state index contributed by atoms with van der Waals surface area (Å²) >= 11 is 0. The van der Waals surface area contributed by atoms with Crippen LogP contribution in [0.25, 0.3) is 21.8 Å². The molecule has 6 aliphatic rings. The minimum Gasteiger partial charge on any atom is -0.493 e. The van der Waals surface area contributed by atoms with Gasteiger partial charge in [-0.2, -0.15) is 0 Å². The molecule has 0 unspecified atom stereocenters. The second-order valence-electron chi connectivity index (χ2n) is 14.9. The molecule has 0 spiro atoms. The summed E-state index contributed by atoms with van der Waals surface area (Å²) in [4.78, 5) is 17.8. The molecule has 2 aromatic heterocycles. The summed E-state index contributed by atoms with van der Waals surface area (Å²) in [7, 11) is 10.0. The lowest BCUT2D eigenvalue weighted by Gasteiger charge is -2.51. The Morgan fingerprint density at radius 3 is 1.35 bits per heavy atom. The minimum absolute atomic E-state index is 0.392. The van der Waals surface area contributed by atoms with Crippen LogP contribution in [0, 0.1) is 0 Å². The molecular formula is C40H54N6O8. The minimum atomic E-state index is 0.392. The number of methoxy groups -OCH3 is 6. The summed E-state index contributed by atoms with van der Waals surface area (Å²) in [5, 5.41) is 2.26. The molecule has 0 amide bonds. The van der Waals surface area contributed by atoms with Gasteiger partial charge in [-0.3, -0.25) is 19.6 Å². The first-order valence-corrected chi connectivity index (χ1v) is 19.3. The molecule has 6 aliphatic heterocycles. The van der Waals surface area contributed by atoms with Crippen molar-refractivity contribution < 1.29 is 37.9 Å². The van der Waals surface area contributed by atoms with Crippen LogP contribution >= 0.6 is 0 Å². The molecule has 14 nitrogen and oxygen atoms in total. The van der Waals surface area contributed by atoms with E-state index in [0.29, 0.717) is 47.4 Å². The molecule has 0 radical (unpaired) electrons. The quantitative estimate of drug-likeness (QED) is 0.293. The van der Waals surface area contributed by atoms with Crippen molar-refractivity contribution in [3.8, 4) is 34.5 Å². The van der Waals surface area contributed by atoms with E-state index in [1.54, 1.807) is 42.7 Å². The van der Waals surface area contributed by atoms with Crippen LogP contribution in [0.2, 0.25) is 0 Å². The second kappa shape index (κ2) is 14.6. The molecule has 4 atom stereocenters. The summed E-state index contributed by atoms with van der Waals surface area (Å²) in [6.07, 6.45) is 5.02. The van der Waals surface area contributed by atoms with E-state index in [4.69, 9.17) is 37.9 Å². The lowest BCUT2D eigenvalue weighted by atomic mass is 9.92. The SMILES string of the molecule is COc1cc2[nH]c3c(c2c(OC)c1OC)CCN1[C@@H]3CCN2CCOC[C@H]21.COc1cc2[nH]c3c(c2c(OC)c1OC)CCN1[C@H]3CCN2CCOC[C@@H]21. The van der Waals surface area contributed by atoms with E-state index in [9.17, 15) is 0 Å². The molecule has 2 aromatic carbocycles. The number of aromatic nitrogens is 2. The third-order valence-corrected chi connectivity index (χ3v) is 12.7. The van der Waals surface area contributed by atoms with E-state index >= 15 is 0 Å². The number of hydrogen-bond donors (Lipinski definition) is 2. The van der Waals surface area contributed by atoms with Crippen LogP contribution in [-0.2, 0) is 22.3 Å². The number of nitrogens with one attached hydrogen (secondary N) is 2. The van der Waals surface area contributed by atoms with Crippen molar-refractivity contribution in [1.29, 1.82) is 0 Å². The van der Waals surface area contributed by atoms with Crippen LogP contribution in [0.3, 0.4) is 0 Å². The standard InChI is InChI=1S/2C20H27N3O4/c2*1-24-15-10-13-17(20(26-3)19(15)25-2)12-4-7-23-14(18(12)21-13)5-6-22-8-9-27-11-16(22)23/h2*10,14,16,21H,4-9,11H2,1-3H3/t2*14-,16-/m10/s1. The fraction of sp³-hybridized carbons (Fsp3) is 0.600. The van der Waals surface area contributed by atoms with Crippen molar-refractivity contribution in [3.63, 3.8) is 0 Å². The first kappa shape index (κ1) is 35.8. The van der Waals surface area contributed by atoms with Crippen LogP contribution in [0.15, 0.2) is 12.1 Å². The fourth-order valence-electron chi connectivity index (χ4n) is 10.3. The maximum atomic E-state index is 5.79. The molecule has 8 heterocycles. The molecule has 0 bridgehead atoms. The molecule has 14 heteroatoms. The largest absolute Gasteiger partial charge is 0.493 e. The molecule has 10 rings (SSSR count). The van der Waals surface area contributed by atoms with E-state index in [1.165, 1.54) is 22.5 Å². The molecule has 4 aromatic rings. The van der Waals surface area contributed by atoms with Gasteiger partial charge in [-0.1, -0.05) is 0 Å². The van der Waals surface area contributed by atoms with Gasteiger partial charge >= 0.3 is 0 Å². The Morgan fingerprint density at radius 1 is 0.537 bits per heavy atom. The molecular weight excluding hydrogens is 692 g/mol. The number of ether oxygens (including phenoxy) is 8. The third-order valence-electron chi connectivity index (χ3n) is 12.7. The lowest BCUT2D eigenvalue weighted by molar-refractivity contribution is -0.120. The van der Waals surface area contributed by atoms with Gasteiger partial charge in [0, 0.05) is 73.6 Å². The fourth-order valence-corrected chi connectivity index (χ4v) is 10.3. The van der Waals surface area contributed by atoms with E-state index in [0.717, 1.165) is 125 Å². The van der Waals surface area contributed by atoms with Gasteiger partial charge < -0.3 is 47.9 Å². The number of aromatic amines is 2. The Hall–Kier alpha value is -3.92. The summed E-state index contributed by atoms with van der Waals surface area (Å²) in [6.45, 7) is 9.69. The van der Waals surface area contributed by atoms with E-state index < -0.39 is 0 Å². The van der Waals surface area contributed by atoms with Crippen LogP contribution < -0.4 is 28.4 Å². The van der Waals surface area contributed by atoms with Gasteiger partial charge in [0.1, 0.15) is 0 Å². The van der Waals surface area contributed by atoms with E-state index in [-0.39, 0.29) is 0 Å².